The Bertz CT molecular complexity index is 1330. The van der Waals surface area contributed by atoms with Gasteiger partial charge in [-0.15, -0.1) is 0 Å². The van der Waals surface area contributed by atoms with E-state index < -0.39 is 97.2 Å². The minimum atomic E-state index is -2.13. The minimum Gasteiger partial charge on any atom is -0.481 e. The lowest BCUT2D eigenvalue weighted by molar-refractivity contribution is -0.142. The highest BCUT2D eigenvalue weighted by molar-refractivity contribution is 5.85. The van der Waals surface area contributed by atoms with E-state index in [9.17, 15) is 63.9 Å². The predicted octanol–water partition coefficient (Wildman–Crippen LogP) is 1.06. The van der Waals surface area contributed by atoms with Gasteiger partial charge in [0.15, 0.2) is 12.6 Å². The van der Waals surface area contributed by atoms with Crippen LogP contribution in [0.15, 0.2) is 0 Å². The van der Waals surface area contributed by atoms with Crippen LogP contribution in [0.5, 0.6) is 0 Å². The zero-order valence-corrected chi connectivity index (χ0v) is 33.9. The summed E-state index contributed by atoms with van der Waals surface area (Å²) in [5.74, 6) is -6.93. The van der Waals surface area contributed by atoms with Gasteiger partial charge in [0.1, 0.15) is 18.2 Å². The van der Waals surface area contributed by atoms with Crippen molar-refractivity contribution in [2.45, 2.75) is 197 Å². The zero-order chi connectivity index (χ0) is 44.2. The number of carbonyl (C=O) groups excluding carboxylic acids is 5. The van der Waals surface area contributed by atoms with Crippen molar-refractivity contribution in [3.05, 3.63) is 0 Å². The van der Waals surface area contributed by atoms with Crippen LogP contribution in [0.2, 0.25) is 0 Å². The Morgan fingerprint density at radius 2 is 0.864 bits per heavy atom. The summed E-state index contributed by atoms with van der Waals surface area (Å²) in [4.78, 5) is 94.8. The number of hydrogen-bond acceptors (Lipinski definition) is 12. The van der Waals surface area contributed by atoms with E-state index >= 15 is 0 Å². The van der Waals surface area contributed by atoms with Gasteiger partial charge >= 0.3 is 17.9 Å². The average Bonchev–Trinajstić information content (AvgIpc) is 3.90. The van der Waals surface area contributed by atoms with Gasteiger partial charge in [0.25, 0.3) is 0 Å². The van der Waals surface area contributed by atoms with Crippen molar-refractivity contribution in [1.82, 2.24) is 21.3 Å². The molecular formula is C39H67N5O15. The molecule has 59 heavy (non-hydrogen) atoms. The van der Waals surface area contributed by atoms with E-state index in [1.807, 2.05) is 0 Å². The largest absolute Gasteiger partial charge is 0.481 e. The van der Waals surface area contributed by atoms with E-state index in [2.05, 4.69) is 21.3 Å². The number of amides is 5. The molecule has 1 aliphatic rings. The molecular weight excluding hydrogens is 778 g/mol. The van der Waals surface area contributed by atoms with Gasteiger partial charge < -0.3 is 62.4 Å². The number of primary amides is 1. The monoisotopic (exact) mass is 845 g/mol. The number of unbranched alkanes of at least 4 members (excludes halogenated alkanes) is 13. The molecule has 0 aromatic carbocycles. The van der Waals surface area contributed by atoms with Gasteiger partial charge in [0, 0.05) is 38.5 Å². The molecule has 0 spiro atoms. The molecule has 338 valence electrons. The second-order valence-electron chi connectivity index (χ2n) is 15.1. The number of aliphatic hydroxyl groups is 3. The molecule has 0 aliphatic carbocycles. The highest BCUT2D eigenvalue weighted by Gasteiger charge is 2.44. The summed E-state index contributed by atoms with van der Waals surface area (Å²) in [5, 5.41) is 66.3. The number of carbonyl (C=O) groups is 8. The molecule has 0 aromatic rings. The molecule has 20 heteroatoms. The van der Waals surface area contributed by atoms with E-state index in [1.165, 1.54) is 32.1 Å². The summed E-state index contributed by atoms with van der Waals surface area (Å²) < 4.78 is 5.11. The highest BCUT2D eigenvalue weighted by Crippen LogP contribution is 2.25. The number of aliphatic hydroxyl groups excluding tert-OH is 2. The molecule has 0 aromatic heterocycles. The molecule has 0 saturated carbocycles. The Balaban J connectivity index is 2.36. The second kappa shape index (κ2) is 30.6. The van der Waals surface area contributed by atoms with Crippen molar-refractivity contribution in [2.24, 2.45) is 5.73 Å². The van der Waals surface area contributed by atoms with Crippen LogP contribution in [0.1, 0.15) is 154 Å². The van der Waals surface area contributed by atoms with Crippen molar-refractivity contribution in [1.29, 1.82) is 0 Å². The van der Waals surface area contributed by atoms with E-state index in [0.29, 0.717) is 6.42 Å². The summed E-state index contributed by atoms with van der Waals surface area (Å²) in [5.41, 5.74) is 5.01. The third-order valence-electron chi connectivity index (χ3n) is 9.97. The number of ether oxygens (including phenoxy) is 1. The maximum Gasteiger partial charge on any atom is 0.326 e. The first kappa shape index (κ1) is 52.6. The summed E-state index contributed by atoms with van der Waals surface area (Å²) in [6.07, 6.45) is 8.89. The van der Waals surface area contributed by atoms with Crippen LogP contribution in [0, 0.1) is 0 Å². The smallest absolute Gasteiger partial charge is 0.326 e. The number of carboxylic acid groups (broad SMARTS) is 3. The number of aliphatic carboxylic acids is 3. The molecule has 1 aliphatic heterocycles. The van der Waals surface area contributed by atoms with Crippen LogP contribution >= 0.6 is 0 Å². The quantitative estimate of drug-likeness (QED) is 0.0237. The fourth-order valence-electron chi connectivity index (χ4n) is 6.45. The Hall–Kier alpha value is -4.40. The van der Waals surface area contributed by atoms with Crippen LogP contribution in [-0.4, -0.2) is 121 Å². The van der Waals surface area contributed by atoms with Crippen LogP contribution in [0.3, 0.4) is 0 Å². The summed E-state index contributed by atoms with van der Waals surface area (Å²) in [7, 11) is 0. The molecule has 5 amide bonds. The van der Waals surface area contributed by atoms with Crippen LogP contribution < -0.4 is 27.0 Å². The number of epoxide rings is 1. The molecule has 1 fully saturated rings. The van der Waals surface area contributed by atoms with Crippen LogP contribution in [-0.2, 0) is 43.1 Å². The first-order chi connectivity index (χ1) is 28.0. The van der Waals surface area contributed by atoms with E-state index in [1.54, 1.807) is 0 Å². The number of rotatable bonds is 37. The zero-order valence-electron chi connectivity index (χ0n) is 33.9. The number of hydrogen-bond donors (Lipinski definition) is 11. The van der Waals surface area contributed by atoms with Crippen molar-refractivity contribution in [3.8, 4) is 0 Å². The first-order valence-corrected chi connectivity index (χ1v) is 20.8. The molecule has 6 atom stereocenters. The molecule has 12 N–H and O–H groups in total. The van der Waals surface area contributed by atoms with E-state index in [-0.39, 0.29) is 57.3 Å². The molecule has 1 saturated heterocycles. The topological polar surface area (TPSA) is 345 Å². The normalized spacial score (nSPS) is 16.6. The first-order valence-electron chi connectivity index (χ1n) is 20.8. The van der Waals surface area contributed by atoms with Crippen molar-refractivity contribution in [2.75, 3.05) is 0 Å². The lowest BCUT2D eigenvalue weighted by Gasteiger charge is -2.22. The number of nitrogens with two attached hydrogens (primary N) is 1. The molecule has 1 heterocycles. The predicted molar refractivity (Wildman–Crippen MR) is 210 cm³/mol. The Morgan fingerprint density at radius 3 is 1.27 bits per heavy atom. The second-order valence-corrected chi connectivity index (χ2v) is 15.1. The fraction of sp³-hybridized carbons (Fsp3) is 0.795. The number of carboxylic acids is 3. The molecule has 2 unspecified atom stereocenters. The van der Waals surface area contributed by atoms with Crippen molar-refractivity contribution >= 4 is 47.4 Å². The molecule has 1 rings (SSSR count). The van der Waals surface area contributed by atoms with Gasteiger partial charge in [-0.1, -0.05) is 77.0 Å². The van der Waals surface area contributed by atoms with Gasteiger partial charge in [-0.25, -0.2) is 9.59 Å². The van der Waals surface area contributed by atoms with Crippen molar-refractivity contribution in [3.63, 3.8) is 0 Å². The molecule has 0 radical (unpaired) electrons. The van der Waals surface area contributed by atoms with Gasteiger partial charge in [-0.2, -0.15) is 0 Å². The van der Waals surface area contributed by atoms with E-state index in [4.69, 9.17) is 15.6 Å². The van der Waals surface area contributed by atoms with Crippen LogP contribution in [0.25, 0.3) is 0 Å². The SMILES string of the molecule is NC(=O)CC[C@H](NC(=O)CC[C@H](NC(=O)CC[C@H](NC(=O)CC[C@H](NC(=O)CCCCCCCCCCCCCCCCC(=O)O)C1OC1O)C(=O)O)C(O)O)C(=O)O. The molecule has 0 bridgehead atoms. The Morgan fingerprint density at radius 1 is 0.492 bits per heavy atom. The maximum atomic E-state index is 12.7. The minimum absolute atomic E-state index is 0.0426. The highest BCUT2D eigenvalue weighted by atomic mass is 16.7. The standard InChI is InChI=1S/C39H67N5O15/c40-29(45)21-17-26(36(52)53)42-32(48)23-19-28(38(56)57)44-33(49)24-20-27(37(54)55)43-31(47)22-18-25(35-39(58)59-35)41-30(46)15-13-11-9-7-5-3-1-2-4-6-8-10-12-14-16-34(50)51/h25-28,35,38-39,56-58H,1-24H2,(H2,40,45)(H,41,46)(H,42,48)(H,43,47)(H,44,49)(H,50,51)(H,52,53)(H,54,55)/t25-,26-,27-,28-,35?,39?/m0/s1. The Kier molecular flexibility index (Phi) is 27.3. The van der Waals surface area contributed by atoms with Gasteiger partial charge in [-0.3, -0.25) is 28.8 Å². The van der Waals surface area contributed by atoms with Crippen LogP contribution in [0.4, 0.5) is 0 Å². The summed E-state index contributed by atoms with van der Waals surface area (Å²) >= 11 is 0. The lowest BCUT2D eigenvalue weighted by atomic mass is 10.0. The Labute approximate surface area is 344 Å². The molecule has 20 nitrogen and oxygen atoms in total. The van der Waals surface area contributed by atoms with Crippen molar-refractivity contribution < 1.29 is 73.7 Å². The average molecular weight is 846 g/mol. The third kappa shape index (κ3) is 27.1. The lowest BCUT2D eigenvalue weighted by Crippen LogP contribution is -2.46. The fourth-order valence-corrected chi connectivity index (χ4v) is 6.45. The van der Waals surface area contributed by atoms with Gasteiger partial charge in [0.2, 0.25) is 29.5 Å². The summed E-state index contributed by atoms with van der Waals surface area (Å²) in [6.45, 7) is 0. The maximum absolute atomic E-state index is 12.7. The van der Waals surface area contributed by atoms with Gasteiger partial charge in [-0.05, 0) is 38.5 Å². The number of nitrogens with one attached hydrogen (secondary N) is 4. The van der Waals surface area contributed by atoms with Gasteiger partial charge in [0.05, 0.1) is 12.1 Å². The van der Waals surface area contributed by atoms with E-state index in [0.717, 1.165) is 51.4 Å². The summed E-state index contributed by atoms with van der Waals surface area (Å²) in [6, 6.07) is -4.99. The third-order valence-corrected chi connectivity index (χ3v) is 9.97.